The third-order valence-electron chi connectivity index (χ3n) is 4.62. The number of aromatic nitrogens is 1. The summed E-state index contributed by atoms with van der Waals surface area (Å²) in [5.41, 5.74) is 2.95. The number of aliphatic hydroxyl groups excluding tert-OH is 1. The molecule has 25 heavy (non-hydrogen) atoms. The summed E-state index contributed by atoms with van der Waals surface area (Å²) in [6, 6.07) is 10.6. The second kappa shape index (κ2) is 6.20. The third kappa shape index (κ3) is 3.03. The predicted octanol–water partition coefficient (Wildman–Crippen LogP) is 3.98. The van der Waals surface area contributed by atoms with Crippen LogP contribution in [-0.4, -0.2) is 22.6 Å². The van der Waals surface area contributed by atoms with Crippen molar-refractivity contribution in [3.05, 3.63) is 47.8 Å². The number of anilines is 1. The molecule has 1 amide bonds. The maximum atomic E-state index is 14.2. The van der Waals surface area contributed by atoms with E-state index in [9.17, 15) is 9.18 Å². The van der Waals surface area contributed by atoms with Gasteiger partial charge in [-0.05, 0) is 48.6 Å². The molecular formula is C19H17FN2O2S. The highest BCUT2D eigenvalue weighted by atomic mass is 32.1. The smallest absolute Gasteiger partial charge is 0.229 e. The molecule has 3 aromatic rings. The number of nitrogens with one attached hydrogen (secondary N) is 1. The second-order valence-corrected chi connectivity index (χ2v) is 7.44. The number of thiazole rings is 1. The molecule has 0 aliphatic heterocycles. The summed E-state index contributed by atoms with van der Waals surface area (Å²) in [7, 11) is 0. The summed E-state index contributed by atoms with van der Waals surface area (Å²) in [5.74, 6) is -0.395. The Balaban J connectivity index is 1.63. The van der Waals surface area contributed by atoms with Crippen molar-refractivity contribution in [3.8, 4) is 11.1 Å². The normalized spacial score (nSPS) is 19.2. The molecule has 1 unspecified atom stereocenters. The Morgan fingerprint density at radius 2 is 2.24 bits per heavy atom. The number of rotatable bonds is 4. The van der Waals surface area contributed by atoms with Crippen LogP contribution >= 0.6 is 11.3 Å². The van der Waals surface area contributed by atoms with Crippen molar-refractivity contribution in [1.29, 1.82) is 0 Å². The first-order chi connectivity index (χ1) is 12.1. The van der Waals surface area contributed by atoms with Crippen molar-refractivity contribution in [2.24, 2.45) is 11.8 Å². The van der Waals surface area contributed by atoms with E-state index in [1.54, 1.807) is 6.07 Å². The van der Waals surface area contributed by atoms with Crippen LogP contribution in [0.2, 0.25) is 0 Å². The summed E-state index contributed by atoms with van der Waals surface area (Å²) >= 11 is 1.39. The Labute approximate surface area is 148 Å². The van der Waals surface area contributed by atoms with Crippen LogP contribution in [0.15, 0.2) is 36.4 Å². The number of hydrogen-bond donors (Lipinski definition) is 2. The fraction of sp³-hybridized carbons (Fsp3) is 0.263. The van der Waals surface area contributed by atoms with Crippen molar-refractivity contribution in [3.63, 3.8) is 0 Å². The first-order valence-corrected chi connectivity index (χ1v) is 8.96. The first kappa shape index (κ1) is 16.2. The Bertz CT molecular complexity index is 949. The zero-order chi connectivity index (χ0) is 17.6. The molecule has 0 spiro atoms. The molecule has 1 aliphatic carbocycles. The SMILES string of the molecule is Cc1cccc(F)c1-c1ccc2sc(NC(=O)C3C[C@H]3CO)nc2c1. The average molecular weight is 356 g/mol. The molecule has 1 fully saturated rings. The number of nitrogens with zero attached hydrogens (tertiary/aromatic N) is 1. The molecule has 0 radical (unpaired) electrons. The van der Waals surface area contributed by atoms with Crippen LogP contribution < -0.4 is 5.32 Å². The van der Waals surface area contributed by atoms with Gasteiger partial charge in [0.2, 0.25) is 5.91 Å². The topological polar surface area (TPSA) is 62.2 Å². The van der Waals surface area contributed by atoms with Crippen molar-refractivity contribution in [1.82, 2.24) is 4.98 Å². The molecule has 1 heterocycles. The Morgan fingerprint density at radius 1 is 1.40 bits per heavy atom. The fourth-order valence-corrected chi connectivity index (χ4v) is 3.95. The Hall–Kier alpha value is -2.31. The molecule has 1 saturated carbocycles. The molecule has 2 N–H and O–H groups in total. The Morgan fingerprint density at radius 3 is 2.96 bits per heavy atom. The van der Waals surface area contributed by atoms with E-state index in [-0.39, 0.29) is 30.2 Å². The van der Waals surface area contributed by atoms with E-state index in [4.69, 9.17) is 5.11 Å². The van der Waals surface area contributed by atoms with E-state index in [1.165, 1.54) is 17.4 Å². The highest BCUT2D eigenvalue weighted by molar-refractivity contribution is 7.22. The first-order valence-electron chi connectivity index (χ1n) is 8.14. The zero-order valence-electron chi connectivity index (χ0n) is 13.6. The van der Waals surface area contributed by atoms with Crippen molar-refractivity contribution >= 4 is 32.6 Å². The van der Waals surface area contributed by atoms with Gasteiger partial charge in [0.25, 0.3) is 0 Å². The molecule has 1 aliphatic rings. The number of carbonyl (C=O) groups is 1. The summed E-state index contributed by atoms with van der Waals surface area (Å²) in [6.07, 6.45) is 0.726. The van der Waals surface area contributed by atoms with E-state index < -0.39 is 0 Å². The highest BCUT2D eigenvalue weighted by Crippen LogP contribution is 2.39. The summed E-state index contributed by atoms with van der Waals surface area (Å²) in [4.78, 5) is 16.6. The maximum Gasteiger partial charge on any atom is 0.229 e. The molecular weight excluding hydrogens is 339 g/mol. The van der Waals surface area contributed by atoms with Gasteiger partial charge < -0.3 is 10.4 Å². The van der Waals surface area contributed by atoms with Crippen LogP contribution in [0.1, 0.15) is 12.0 Å². The number of aryl methyl sites for hydroxylation is 1. The van der Waals surface area contributed by atoms with Crippen LogP contribution in [0.5, 0.6) is 0 Å². The molecule has 2 atom stereocenters. The van der Waals surface area contributed by atoms with Gasteiger partial charge in [-0.2, -0.15) is 0 Å². The minimum atomic E-state index is -0.258. The molecule has 6 heteroatoms. The second-order valence-electron chi connectivity index (χ2n) is 6.41. The largest absolute Gasteiger partial charge is 0.396 e. The summed E-state index contributed by atoms with van der Waals surface area (Å²) < 4.78 is 15.1. The lowest BCUT2D eigenvalue weighted by Crippen LogP contribution is -2.15. The van der Waals surface area contributed by atoms with Gasteiger partial charge in [-0.15, -0.1) is 0 Å². The monoisotopic (exact) mass is 356 g/mol. The van der Waals surface area contributed by atoms with Gasteiger partial charge in [-0.1, -0.05) is 29.5 Å². The van der Waals surface area contributed by atoms with Crippen LogP contribution in [-0.2, 0) is 4.79 Å². The highest BCUT2D eigenvalue weighted by Gasteiger charge is 2.42. The van der Waals surface area contributed by atoms with Gasteiger partial charge in [0, 0.05) is 18.1 Å². The lowest BCUT2D eigenvalue weighted by molar-refractivity contribution is -0.117. The van der Waals surface area contributed by atoms with Crippen molar-refractivity contribution in [2.75, 3.05) is 11.9 Å². The summed E-state index contributed by atoms with van der Waals surface area (Å²) in [6.45, 7) is 1.92. The molecule has 2 aromatic carbocycles. The number of amides is 1. The Kier molecular flexibility index (Phi) is 4.01. The van der Waals surface area contributed by atoms with E-state index in [0.29, 0.717) is 10.7 Å². The number of carbonyl (C=O) groups excluding carboxylic acids is 1. The predicted molar refractivity (Wildman–Crippen MR) is 97.1 cm³/mol. The lowest BCUT2D eigenvalue weighted by Gasteiger charge is -2.07. The zero-order valence-corrected chi connectivity index (χ0v) is 14.4. The quantitative estimate of drug-likeness (QED) is 0.743. The number of fused-ring (bicyclic) bond motifs is 1. The lowest BCUT2D eigenvalue weighted by atomic mass is 10.00. The average Bonchev–Trinajstić information content (AvgIpc) is 3.27. The van der Waals surface area contributed by atoms with Crippen LogP contribution in [0.25, 0.3) is 21.3 Å². The number of benzene rings is 2. The fourth-order valence-electron chi connectivity index (χ4n) is 3.10. The van der Waals surface area contributed by atoms with Crippen LogP contribution in [0.3, 0.4) is 0 Å². The number of hydrogen-bond acceptors (Lipinski definition) is 4. The van der Waals surface area contributed by atoms with Gasteiger partial charge in [0.15, 0.2) is 5.13 Å². The minimum Gasteiger partial charge on any atom is -0.396 e. The van der Waals surface area contributed by atoms with E-state index in [1.807, 2.05) is 31.2 Å². The van der Waals surface area contributed by atoms with Crippen molar-refractivity contribution < 1.29 is 14.3 Å². The van der Waals surface area contributed by atoms with Gasteiger partial charge in [0.05, 0.1) is 10.2 Å². The summed E-state index contributed by atoms with van der Waals surface area (Å²) in [5, 5.41) is 12.4. The van der Waals surface area contributed by atoms with Gasteiger partial charge in [0.1, 0.15) is 5.82 Å². The van der Waals surface area contributed by atoms with Gasteiger partial charge in [-0.25, -0.2) is 9.37 Å². The minimum absolute atomic E-state index is 0.0449. The van der Waals surface area contributed by atoms with Gasteiger partial charge >= 0.3 is 0 Å². The third-order valence-corrected chi connectivity index (χ3v) is 5.57. The van der Waals surface area contributed by atoms with Crippen LogP contribution in [0.4, 0.5) is 9.52 Å². The molecule has 0 saturated heterocycles. The molecule has 1 aromatic heterocycles. The van der Waals surface area contributed by atoms with E-state index in [2.05, 4.69) is 10.3 Å². The molecule has 4 nitrogen and oxygen atoms in total. The van der Waals surface area contributed by atoms with Gasteiger partial charge in [-0.3, -0.25) is 4.79 Å². The standard InChI is InChI=1S/C19H17FN2O2S/c1-10-3-2-4-14(20)17(10)11-5-6-16-15(8-11)21-19(25-16)22-18(24)13-7-12(13)9-23/h2-6,8,12-13,23H,7,9H2,1H3,(H,21,22,24)/t12-,13?/m0/s1. The molecule has 0 bridgehead atoms. The molecule has 128 valence electrons. The number of halogens is 1. The molecule has 4 rings (SSSR count). The maximum absolute atomic E-state index is 14.2. The van der Waals surface area contributed by atoms with Crippen molar-refractivity contribution in [2.45, 2.75) is 13.3 Å². The van der Waals surface area contributed by atoms with E-state index in [0.717, 1.165) is 27.8 Å². The van der Waals surface area contributed by atoms with Crippen LogP contribution in [0, 0.1) is 24.6 Å². The van der Waals surface area contributed by atoms with E-state index >= 15 is 0 Å². The number of aliphatic hydroxyl groups is 1.